The summed E-state index contributed by atoms with van der Waals surface area (Å²) in [6.07, 6.45) is 5.40. The number of aromatic nitrogens is 3. The van der Waals surface area contributed by atoms with Crippen molar-refractivity contribution in [2.45, 2.75) is 6.42 Å². The number of methoxy groups -OCH3 is 1. The van der Waals surface area contributed by atoms with Gasteiger partial charge in [0.1, 0.15) is 22.3 Å². The van der Waals surface area contributed by atoms with Gasteiger partial charge >= 0.3 is 0 Å². The van der Waals surface area contributed by atoms with Crippen LogP contribution in [-0.2, 0) is 13.5 Å². The topological polar surface area (TPSA) is 98.1 Å². The standard InChI is InChI=1S/C23H18Cl3N5O3S/c1-31-6-5-27-18(31)7-12-11-35-21(19(12)26)23(33)30-20-15(8-14(25)9-16(20)34-2)22(32)29-17-4-3-13(24)10-28-17/h3-6,8-11H,7H2,1-2H3,(H,30,33)(H,28,29,32). The Hall–Kier alpha value is -3.11. The molecule has 0 unspecified atom stereocenters. The number of rotatable bonds is 7. The van der Waals surface area contributed by atoms with Gasteiger partial charge in [-0.3, -0.25) is 9.59 Å². The molecule has 0 aliphatic heterocycles. The van der Waals surface area contributed by atoms with E-state index in [1.165, 1.54) is 36.8 Å². The minimum Gasteiger partial charge on any atom is -0.494 e. The highest BCUT2D eigenvalue weighted by Crippen LogP contribution is 2.35. The fourth-order valence-electron chi connectivity index (χ4n) is 3.24. The molecule has 0 atom stereocenters. The lowest BCUT2D eigenvalue weighted by Gasteiger charge is -2.15. The molecule has 0 fully saturated rings. The molecule has 0 radical (unpaired) electrons. The molecule has 1 aromatic carbocycles. The van der Waals surface area contributed by atoms with Crippen LogP contribution in [0, 0.1) is 0 Å². The van der Waals surface area contributed by atoms with Gasteiger partial charge in [-0.1, -0.05) is 34.8 Å². The summed E-state index contributed by atoms with van der Waals surface area (Å²) in [6, 6.07) is 6.06. The van der Waals surface area contributed by atoms with Gasteiger partial charge in [-0.2, -0.15) is 0 Å². The summed E-state index contributed by atoms with van der Waals surface area (Å²) in [5.74, 6) is 0.247. The molecule has 2 amide bonds. The summed E-state index contributed by atoms with van der Waals surface area (Å²) >= 11 is 19.8. The van der Waals surface area contributed by atoms with Crippen LogP contribution in [0.3, 0.4) is 0 Å². The van der Waals surface area contributed by atoms with Gasteiger partial charge in [0.05, 0.1) is 28.4 Å². The molecule has 4 rings (SSSR count). The molecule has 0 saturated heterocycles. The first-order chi connectivity index (χ1) is 16.8. The van der Waals surface area contributed by atoms with Crippen molar-refractivity contribution in [1.82, 2.24) is 14.5 Å². The molecule has 4 aromatic rings. The zero-order valence-corrected chi connectivity index (χ0v) is 21.5. The second-order valence-electron chi connectivity index (χ2n) is 7.34. The Kier molecular flexibility index (Phi) is 7.61. The molecule has 180 valence electrons. The monoisotopic (exact) mass is 549 g/mol. The summed E-state index contributed by atoms with van der Waals surface area (Å²) in [5.41, 5.74) is 0.995. The van der Waals surface area contributed by atoms with Crippen molar-refractivity contribution in [1.29, 1.82) is 0 Å². The first-order valence-electron chi connectivity index (χ1n) is 10.1. The first-order valence-corrected chi connectivity index (χ1v) is 12.1. The summed E-state index contributed by atoms with van der Waals surface area (Å²) in [5, 5.41) is 8.22. The number of nitrogens with zero attached hydrogens (tertiary/aromatic N) is 3. The van der Waals surface area contributed by atoms with Crippen LogP contribution >= 0.6 is 46.1 Å². The average molecular weight is 551 g/mol. The van der Waals surface area contributed by atoms with Crippen LogP contribution in [0.1, 0.15) is 31.4 Å². The second kappa shape index (κ2) is 10.7. The third kappa shape index (κ3) is 5.59. The number of ether oxygens (including phenoxy) is 1. The second-order valence-corrected chi connectivity index (χ2v) is 9.47. The Morgan fingerprint density at radius 2 is 1.89 bits per heavy atom. The fraction of sp³-hybridized carbons (Fsp3) is 0.130. The molecule has 35 heavy (non-hydrogen) atoms. The molecule has 3 heterocycles. The summed E-state index contributed by atoms with van der Waals surface area (Å²) in [6.45, 7) is 0. The van der Waals surface area contributed by atoms with E-state index in [9.17, 15) is 9.59 Å². The molecule has 8 nitrogen and oxygen atoms in total. The van der Waals surface area contributed by atoms with Crippen LogP contribution in [0.2, 0.25) is 15.1 Å². The Bertz CT molecular complexity index is 1400. The molecule has 0 aliphatic carbocycles. The molecular weight excluding hydrogens is 533 g/mol. The maximum atomic E-state index is 13.2. The Morgan fingerprint density at radius 3 is 2.54 bits per heavy atom. The Morgan fingerprint density at radius 1 is 1.09 bits per heavy atom. The molecule has 0 bridgehead atoms. The van der Waals surface area contributed by atoms with Crippen LogP contribution in [-0.4, -0.2) is 33.5 Å². The van der Waals surface area contributed by atoms with Gasteiger partial charge in [0.15, 0.2) is 0 Å². The number of imidazole rings is 1. The van der Waals surface area contributed by atoms with E-state index in [0.29, 0.717) is 21.3 Å². The van der Waals surface area contributed by atoms with E-state index in [1.54, 1.807) is 18.3 Å². The third-order valence-electron chi connectivity index (χ3n) is 5.02. The van der Waals surface area contributed by atoms with Crippen LogP contribution in [0.4, 0.5) is 11.5 Å². The number of hydrogen-bond acceptors (Lipinski definition) is 6. The highest BCUT2D eigenvalue weighted by Gasteiger charge is 2.23. The quantitative estimate of drug-likeness (QED) is 0.297. The van der Waals surface area contributed by atoms with Gasteiger partial charge in [0.25, 0.3) is 11.8 Å². The van der Waals surface area contributed by atoms with Crippen molar-refractivity contribution in [3.63, 3.8) is 0 Å². The van der Waals surface area contributed by atoms with Gasteiger partial charge in [0.2, 0.25) is 0 Å². The minimum atomic E-state index is -0.552. The number of carbonyl (C=O) groups is 2. The highest BCUT2D eigenvalue weighted by atomic mass is 35.5. The third-order valence-corrected chi connectivity index (χ3v) is 7.03. The van der Waals surface area contributed by atoms with Gasteiger partial charge in [-0.25, -0.2) is 9.97 Å². The van der Waals surface area contributed by atoms with Gasteiger partial charge < -0.3 is 19.9 Å². The average Bonchev–Trinajstić information content (AvgIpc) is 3.41. The van der Waals surface area contributed by atoms with Gasteiger partial charge in [0, 0.05) is 43.1 Å². The maximum Gasteiger partial charge on any atom is 0.267 e. The van der Waals surface area contributed by atoms with Crippen LogP contribution in [0.25, 0.3) is 0 Å². The number of aryl methyl sites for hydroxylation is 1. The number of nitrogens with one attached hydrogen (secondary N) is 2. The van der Waals surface area contributed by atoms with Gasteiger partial charge in [-0.05, 0) is 29.1 Å². The zero-order chi connectivity index (χ0) is 25.1. The van der Waals surface area contributed by atoms with E-state index in [-0.39, 0.29) is 27.8 Å². The SMILES string of the molecule is COc1cc(Cl)cc(C(=O)Nc2ccc(Cl)cn2)c1NC(=O)c1scc(Cc2nccn2C)c1Cl. The number of amides is 2. The minimum absolute atomic E-state index is 0.0837. The predicted octanol–water partition coefficient (Wildman–Crippen LogP) is 5.94. The largest absolute Gasteiger partial charge is 0.494 e. The molecule has 12 heteroatoms. The van der Waals surface area contributed by atoms with Crippen LogP contribution in [0.15, 0.2) is 48.2 Å². The lowest BCUT2D eigenvalue weighted by molar-refractivity contribution is 0.102. The van der Waals surface area contributed by atoms with E-state index < -0.39 is 11.8 Å². The van der Waals surface area contributed by atoms with Crippen molar-refractivity contribution in [2.24, 2.45) is 7.05 Å². The van der Waals surface area contributed by atoms with Crippen molar-refractivity contribution in [3.8, 4) is 5.75 Å². The smallest absolute Gasteiger partial charge is 0.267 e. The Balaban J connectivity index is 1.62. The van der Waals surface area contributed by atoms with E-state index >= 15 is 0 Å². The molecule has 2 N–H and O–H groups in total. The number of anilines is 2. The normalized spacial score (nSPS) is 10.8. The zero-order valence-electron chi connectivity index (χ0n) is 18.4. The predicted molar refractivity (Wildman–Crippen MR) is 139 cm³/mol. The van der Waals surface area contributed by atoms with Crippen molar-refractivity contribution in [3.05, 3.63) is 85.1 Å². The first kappa shape index (κ1) is 25.0. The molecule has 0 spiro atoms. The lowest BCUT2D eigenvalue weighted by atomic mass is 10.1. The lowest BCUT2D eigenvalue weighted by Crippen LogP contribution is -2.19. The number of pyridine rings is 1. The van der Waals surface area contributed by atoms with E-state index in [4.69, 9.17) is 39.5 Å². The number of benzene rings is 1. The van der Waals surface area contributed by atoms with Gasteiger partial charge in [-0.15, -0.1) is 11.3 Å². The molecule has 3 aromatic heterocycles. The van der Waals surface area contributed by atoms with Crippen molar-refractivity contribution < 1.29 is 14.3 Å². The number of thiophene rings is 1. The Labute approximate surface area is 219 Å². The highest BCUT2D eigenvalue weighted by molar-refractivity contribution is 7.13. The number of halogens is 3. The maximum absolute atomic E-state index is 13.2. The van der Waals surface area contributed by atoms with Crippen LogP contribution in [0.5, 0.6) is 5.75 Å². The van der Waals surface area contributed by atoms with E-state index in [0.717, 1.165) is 11.4 Å². The van der Waals surface area contributed by atoms with Crippen molar-refractivity contribution >= 4 is 69.5 Å². The molecule has 0 aliphatic rings. The summed E-state index contributed by atoms with van der Waals surface area (Å²) in [4.78, 5) is 34.9. The van der Waals surface area contributed by atoms with Crippen molar-refractivity contribution in [2.75, 3.05) is 17.7 Å². The van der Waals surface area contributed by atoms with E-state index in [2.05, 4.69) is 20.6 Å². The fourth-order valence-corrected chi connectivity index (χ4v) is 4.82. The molecule has 0 saturated carbocycles. The van der Waals surface area contributed by atoms with E-state index in [1.807, 2.05) is 23.2 Å². The summed E-state index contributed by atoms with van der Waals surface area (Å²) < 4.78 is 7.27. The summed E-state index contributed by atoms with van der Waals surface area (Å²) in [7, 11) is 3.29. The number of carbonyl (C=O) groups excluding carboxylic acids is 2. The van der Waals surface area contributed by atoms with Crippen LogP contribution < -0.4 is 15.4 Å². The molecular formula is C23H18Cl3N5O3S. The number of hydrogen-bond donors (Lipinski definition) is 2.